The van der Waals surface area contributed by atoms with Crippen molar-refractivity contribution in [3.63, 3.8) is 0 Å². The van der Waals surface area contributed by atoms with Gasteiger partial charge in [0, 0.05) is 35.4 Å². The van der Waals surface area contributed by atoms with Crippen LogP contribution in [0.4, 0.5) is 11.6 Å². The van der Waals surface area contributed by atoms with Gasteiger partial charge in [0.1, 0.15) is 0 Å². The molecule has 0 fully saturated rings. The quantitative estimate of drug-likeness (QED) is 0.745. The van der Waals surface area contributed by atoms with Gasteiger partial charge in [-0.25, -0.2) is 9.98 Å². The normalized spacial score (nSPS) is 15.6. The Balaban J connectivity index is 1.79. The third-order valence-electron chi connectivity index (χ3n) is 4.07. The first-order valence-corrected chi connectivity index (χ1v) is 8.29. The monoisotopic (exact) mass is 346 g/mol. The van der Waals surface area contributed by atoms with Crippen molar-refractivity contribution in [2.24, 2.45) is 4.99 Å². The van der Waals surface area contributed by atoms with E-state index in [1.54, 1.807) is 19.3 Å². The Morgan fingerprint density at radius 1 is 1.15 bits per heavy atom. The molecule has 7 heteroatoms. The second-order valence-corrected chi connectivity index (χ2v) is 6.19. The Morgan fingerprint density at radius 2 is 2.04 bits per heavy atom. The summed E-state index contributed by atoms with van der Waals surface area (Å²) in [4.78, 5) is 25.9. The van der Waals surface area contributed by atoms with Gasteiger partial charge in [-0.1, -0.05) is 18.2 Å². The molecule has 1 aromatic carbocycles. The second-order valence-electron chi connectivity index (χ2n) is 6.19. The minimum Gasteiger partial charge on any atom is -0.326 e. The molecule has 26 heavy (non-hydrogen) atoms. The minimum atomic E-state index is -0.534. The van der Waals surface area contributed by atoms with Crippen LogP contribution in [0.25, 0.3) is 0 Å². The van der Waals surface area contributed by atoms with Crippen molar-refractivity contribution in [3.8, 4) is 0 Å². The number of rotatable bonds is 2. The molecule has 130 valence electrons. The fraction of sp³-hybridized carbons (Fsp3) is 0.158. The van der Waals surface area contributed by atoms with Gasteiger partial charge in [0.2, 0.25) is 11.9 Å². The largest absolute Gasteiger partial charge is 0.326 e. The van der Waals surface area contributed by atoms with Crippen molar-refractivity contribution >= 4 is 17.6 Å². The smallest absolute Gasteiger partial charge is 0.257 e. The van der Waals surface area contributed by atoms with Crippen LogP contribution in [0.1, 0.15) is 23.0 Å². The van der Waals surface area contributed by atoms with Crippen LogP contribution < -0.4 is 16.2 Å². The summed E-state index contributed by atoms with van der Waals surface area (Å²) in [6.45, 7) is 3.82. The molecule has 0 saturated heterocycles. The molecule has 1 aliphatic heterocycles. The lowest BCUT2D eigenvalue weighted by atomic mass is 10.2. The predicted molar refractivity (Wildman–Crippen MR) is 101 cm³/mol. The Bertz CT molecular complexity index is 1040. The Morgan fingerprint density at radius 3 is 2.81 bits per heavy atom. The maximum atomic E-state index is 12.6. The molecule has 1 atom stereocenters. The van der Waals surface area contributed by atoms with Crippen LogP contribution in [0.3, 0.4) is 0 Å². The number of nitrogens with zero attached hydrogens (tertiary/aromatic N) is 4. The minimum absolute atomic E-state index is 0.160. The molecule has 4 rings (SSSR count). The summed E-state index contributed by atoms with van der Waals surface area (Å²) in [6.07, 6.45) is 2.87. The van der Waals surface area contributed by atoms with Crippen LogP contribution in [0.2, 0.25) is 0 Å². The topological polar surface area (TPSA) is 84.2 Å². The van der Waals surface area contributed by atoms with Gasteiger partial charge in [-0.05, 0) is 37.6 Å². The van der Waals surface area contributed by atoms with E-state index >= 15 is 0 Å². The molecule has 3 heterocycles. The number of hydrogen-bond donors (Lipinski definition) is 2. The van der Waals surface area contributed by atoms with Gasteiger partial charge in [-0.3, -0.25) is 19.7 Å². The Kier molecular flexibility index (Phi) is 3.96. The number of aromatic nitrogens is 3. The van der Waals surface area contributed by atoms with Crippen molar-refractivity contribution in [2.75, 3.05) is 10.6 Å². The Labute approximate surface area is 150 Å². The van der Waals surface area contributed by atoms with E-state index in [-0.39, 0.29) is 5.56 Å². The number of hydrogen-bond acceptors (Lipinski definition) is 6. The molecule has 1 unspecified atom stereocenters. The standard InChI is InChI=1S/C19H18N6O/c1-12-5-3-7-15(9-12)22-18-23-17(14-6-4-8-20-11-14)25-16(26)10-13(2)21-19(25)24-18/h3-11,17H,1-2H3,(H2,21,22,23,24). The summed E-state index contributed by atoms with van der Waals surface area (Å²) in [7, 11) is 0. The van der Waals surface area contributed by atoms with Gasteiger partial charge in [-0.2, -0.15) is 0 Å². The highest BCUT2D eigenvalue weighted by Gasteiger charge is 2.25. The molecule has 0 saturated carbocycles. The van der Waals surface area contributed by atoms with E-state index in [1.807, 2.05) is 43.3 Å². The first-order chi connectivity index (χ1) is 12.6. The van der Waals surface area contributed by atoms with E-state index in [1.165, 1.54) is 10.6 Å². The number of benzene rings is 1. The summed E-state index contributed by atoms with van der Waals surface area (Å²) in [5.74, 6) is 0.982. The second kappa shape index (κ2) is 6.44. The van der Waals surface area contributed by atoms with Gasteiger partial charge < -0.3 is 5.32 Å². The number of anilines is 2. The van der Waals surface area contributed by atoms with Gasteiger partial charge in [-0.15, -0.1) is 0 Å². The molecule has 0 bridgehead atoms. The van der Waals surface area contributed by atoms with Gasteiger partial charge in [0.25, 0.3) is 5.56 Å². The van der Waals surface area contributed by atoms with Crippen molar-refractivity contribution in [3.05, 3.63) is 82.0 Å². The molecular formula is C19H18N6O. The van der Waals surface area contributed by atoms with Crippen LogP contribution in [-0.2, 0) is 0 Å². The number of aryl methyl sites for hydroxylation is 2. The molecule has 0 amide bonds. The zero-order valence-corrected chi connectivity index (χ0v) is 14.5. The zero-order valence-electron chi connectivity index (χ0n) is 14.5. The predicted octanol–water partition coefficient (Wildman–Crippen LogP) is 2.70. The summed E-state index contributed by atoms with van der Waals surface area (Å²) in [6, 6.07) is 13.2. The van der Waals surface area contributed by atoms with Crippen LogP contribution >= 0.6 is 0 Å². The maximum absolute atomic E-state index is 12.6. The molecule has 7 nitrogen and oxygen atoms in total. The highest BCUT2D eigenvalue weighted by atomic mass is 16.1. The van der Waals surface area contributed by atoms with E-state index in [0.29, 0.717) is 17.6 Å². The van der Waals surface area contributed by atoms with E-state index in [0.717, 1.165) is 16.8 Å². The fourth-order valence-electron chi connectivity index (χ4n) is 2.92. The molecular weight excluding hydrogens is 328 g/mol. The number of pyridine rings is 1. The van der Waals surface area contributed by atoms with Gasteiger partial charge >= 0.3 is 0 Å². The highest BCUT2D eigenvalue weighted by molar-refractivity contribution is 6.03. The molecule has 0 radical (unpaired) electrons. The number of nitrogens with one attached hydrogen (secondary N) is 2. The molecule has 2 aromatic heterocycles. The van der Waals surface area contributed by atoms with Crippen molar-refractivity contribution in [1.82, 2.24) is 14.5 Å². The molecule has 1 aliphatic rings. The van der Waals surface area contributed by atoms with E-state index in [2.05, 4.69) is 25.6 Å². The van der Waals surface area contributed by atoms with Crippen LogP contribution in [0.15, 0.2) is 64.6 Å². The highest BCUT2D eigenvalue weighted by Crippen LogP contribution is 2.25. The lowest BCUT2D eigenvalue weighted by Crippen LogP contribution is -2.37. The van der Waals surface area contributed by atoms with Crippen molar-refractivity contribution < 1.29 is 0 Å². The SMILES string of the molecule is Cc1cccc(NC2=NC(c3cccnc3)n3c(nc(C)cc3=O)N2)c1. The molecule has 0 spiro atoms. The zero-order chi connectivity index (χ0) is 18.1. The first-order valence-electron chi connectivity index (χ1n) is 8.29. The average molecular weight is 346 g/mol. The summed E-state index contributed by atoms with van der Waals surface area (Å²) >= 11 is 0. The number of aliphatic imine (C=N–C) groups is 1. The lowest BCUT2D eigenvalue weighted by Gasteiger charge is -2.26. The van der Waals surface area contributed by atoms with E-state index in [9.17, 15) is 4.79 Å². The maximum Gasteiger partial charge on any atom is 0.257 e. The summed E-state index contributed by atoms with van der Waals surface area (Å²) in [5.41, 5.74) is 3.35. The molecule has 3 aromatic rings. The third-order valence-corrected chi connectivity index (χ3v) is 4.07. The molecule has 2 N–H and O–H groups in total. The van der Waals surface area contributed by atoms with E-state index in [4.69, 9.17) is 0 Å². The summed E-state index contributed by atoms with van der Waals surface area (Å²) in [5, 5.41) is 6.38. The number of guanidine groups is 1. The van der Waals surface area contributed by atoms with Crippen LogP contribution in [0.5, 0.6) is 0 Å². The first kappa shape index (κ1) is 16.0. The number of fused-ring (bicyclic) bond motifs is 1. The van der Waals surface area contributed by atoms with Gasteiger partial charge in [0.05, 0.1) is 0 Å². The van der Waals surface area contributed by atoms with E-state index < -0.39 is 6.17 Å². The molecule has 0 aliphatic carbocycles. The summed E-state index contributed by atoms with van der Waals surface area (Å²) < 4.78 is 1.53. The van der Waals surface area contributed by atoms with Crippen molar-refractivity contribution in [1.29, 1.82) is 0 Å². The average Bonchev–Trinajstić information content (AvgIpc) is 2.61. The van der Waals surface area contributed by atoms with Crippen LogP contribution in [-0.4, -0.2) is 20.5 Å². The third kappa shape index (κ3) is 3.06. The van der Waals surface area contributed by atoms with Crippen LogP contribution in [0, 0.1) is 13.8 Å². The van der Waals surface area contributed by atoms with Crippen molar-refractivity contribution in [2.45, 2.75) is 20.0 Å². The lowest BCUT2D eigenvalue weighted by molar-refractivity contribution is 0.575. The Hall–Kier alpha value is -3.48. The van der Waals surface area contributed by atoms with Gasteiger partial charge in [0.15, 0.2) is 6.17 Å². The fourth-order valence-corrected chi connectivity index (χ4v) is 2.92.